The molecular weight excluding hydrogens is 735 g/mol. The number of rotatable bonds is 5. The summed E-state index contributed by atoms with van der Waals surface area (Å²) in [6.07, 6.45) is -0.0219. The molecule has 0 fully saturated rings. The van der Waals surface area contributed by atoms with Gasteiger partial charge in [0.05, 0.1) is 17.1 Å². The maximum atomic E-state index is 15.2. The van der Waals surface area contributed by atoms with Gasteiger partial charge in [-0.15, -0.1) is 0 Å². The number of para-hydroxylation sites is 2. The molecule has 0 saturated carbocycles. The maximum Gasteiger partial charge on any atom is 0.415 e. The van der Waals surface area contributed by atoms with Crippen LogP contribution in [0.15, 0.2) is 212 Å². The van der Waals surface area contributed by atoms with Gasteiger partial charge in [-0.25, -0.2) is 0 Å². The number of hydrogen-bond acceptors (Lipinski definition) is 4. The Labute approximate surface area is 333 Å². The van der Waals surface area contributed by atoms with Crippen molar-refractivity contribution in [1.29, 1.82) is 0 Å². The number of hydrogen-bond donors (Lipinski definition) is 1. The van der Waals surface area contributed by atoms with Crippen LogP contribution in [0.1, 0.15) is 11.7 Å². The first-order valence-electron chi connectivity index (χ1n) is 19.1. The molecule has 2 heterocycles. The lowest BCUT2D eigenvalue weighted by Gasteiger charge is -2.36. The van der Waals surface area contributed by atoms with Gasteiger partial charge in [0.1, 0.15) is 6.17 Å². The number of benzene rings is 9. The van der Waals surface area contributed by atoms with Crippen molar-refractivity contribution in [3.63, 3.8) is 0 Å². The quantitative estimate of drug-likeness (QED) is 0.177. The van der Waals surface area contributed by atoms with Crippen LogP contribution in [0.25, 0.3) is 32.7 Å². The summed E-state index contributed by atoms with van der Waals surface area (Å²) in [4.78, 5) is 2.44. The lowest BCUT2D eigenvalue weighted by Crippen LogP contribution is -2.28. The average molecular weight is 772 g/mol. The standard InChI is InChI=1S/C39H27N2OP.C12H10OP/c42-43(29-12-3-1-4-13-29,30-14-5-2-6-15-30)31-21-19-27-24-34-33-22-20-26-11-7-8-16-32(26)38(33)39-40-35-17-9-10-18-36(35)41(39)37(34)25-28(27)23-31;13-14(11-7-3-1-4-8-11)12-9-5-2-6-10-12/h1-25,39-40H;1-10H/q;+1. The molecule has 1 N–H and O–H groups in total. The number of anilines is 3. The molecule has 0 aliphatic carbocycles. The highest BCUT2D eigenvalue weighted by molar-refractivity contribution is 7.85. The Bertz CT molecular complexity index is 2910. The van der Waals surface area contributed by atoms with Crippen molar-refractivity contribution in [2.24, 2.45) is 0 Å². The summed E-state index contributed by atoms with van der Waals surface area (Å²) >= 11 is 0. The fourth-order valence-electron chi connectivity index (χ4n) is 8.33. The number of fused-ring (bicyclic) bond motifs is 11. The number of nitrogens with one attached hydrogen (secondary N) is 1. The third-order valence-corrected chi connectivity index (χ3v) is 15.6. The predicted octanol–water partition coefficient (Wildman–Crippen LogP) is 11.3. The molecule has 1 unspecified atom stereocenters. The Kier molecular flexibility index (Phi) is 8.87. The van der Waals surface area contributed by atoms with Crippen LogP contribution in [0, 0.1) is 0 Å². The van der Waals surface area contributed by atoms with E-state index in [0.29, 0.717) is 0 Å². The molecule has 0 bridgehead atoms. The third kappa shape index (κ3) is 6.06. The van der Waals surface area contributed by atoms with Gasteiger partial charge in [-0.05, 0) is 81.7 Å². The van der Waals surface area contributed by atoms with Crippen molar-refractivity contribution in [2.75, 3.05) is 10.2 Å². The Morgan fingerprint density at radius 3 is 1.68 bits per heavy atom. The van der Waals surface area contributed by atoms with Gasteiger partial charge in [-0.3, -0.25) is 0 Å². The Hall–Kier alpha value is -6.57. The van der Waals surface area contributed by atoms with Crippen molar-refractivity contribution < 1.29 is 9.13 Å². The van der Waals surface area contributed by atoms with E-state index in [-0.39, 0.29) is 6.17 Å². The lowest BCUT2D eigenvalue weighted by molar-refractivity contribution is 0.592. The normalized spacial score (nSPS) is 13.7. The molecule has 57 heavy (non-hydrogen) atoms. The van der Waals surface area contributed by atoms with Gasteiger partial charge in [-0.2, -0.15) is 0 Å². The Morgan fingerprint density at radius 1 is 0.456 bits per heavy atom. The molecule has 0 aromatic heterocycles. The second-order valence-corrected chi connectivity index (χ2v) is 18.7. The van der Waals surface area contributed by atoms with Crippen LogP contribution in [-0.2, 0) is 9.13 Å². The molecule has 1 atom stereocenters. The second kappa shape index (κ2) is 14.5. The van der Waals surface area contributed by atoms with Crippen molar-refractivity contribution in [3.8, 4) is 11.1 Å². The molecule has 0 radical (unpaired) electrons. The monoisotopic (exact) mass is 771 g/mol. The maximum absolute atomic E-state index is 15.2. The fourth-order valence-corrected chi connectivity index (χ4v) is 12.2. The minimum atomic E-state index is -3.09. The van der Waals surface area contributed by atoms with E-state index in [2.05, 4.69) is 101 Å². The SMILES string of the molecule is O=P(c1ccccc1)(c1ccccc1)c1ccc2cc3c(cc2c1)N1c2ccccc2NC1c1c-3ccc2ccccc12.O=[P+](c1ccccc1)c1ccccc1. The zero-order chi connectivity index (χ0) is 38.3. The molecule has 0 saturated heterocycles. The molecule has 0 amide bonds. The molecular formula is C51H37N2O2P2+. The summed E-state index contributed by atoms with van der Waals surface area (Å²) in [7, 11) is -4.51. The molecule has 6 heteroatoms. The van der Waals surface area contributed by atoms with Crippen molar-refractivity contribution in [3.05, 3.63) is 218 Å². The van der Waals surface area contributed by atoms with Gasteiger partial charge in [-0.1, -0.05) is 162 Å². The van der Waals surface area contributed by atoms with Crippen molar-refractivity contribution in [2.45, 2.75) is 6.17 Å². The highest BCUT2D eigenvalue weighted by atomic mass is 31.2. The van der Waals surface area contributed by atoms with Crippen LogP contribution in [0.2, 0.25) is 0 Å². The zero-order valence-corrected chi connectivity index (χ0v) is 32.7. The smallest absolute Gasteiger partial charge is 0.359 e. The predicted molar refractivity (Wildman–Crippen MR) is 241 cm³/mol. The van der Waals surface area contributed by atoms with E-state index in [1.54, 1.807) is 0 Å². The van der Waals surface area contributed by atoms with Gasteiger partial charge >= 0.3 is 7.80 Å². The van der Waals surface area contributed by atoms with Crippen LogP contribution in [0.4, 0.5) is 17.1 Å². The summed E-state index contributed by atoms with van der Waals surface area (Å²) in [5, 5.41) is 12.9. The van der Waals surface area contributed by atoms with Crippen LogP contribution in [-0.4, -0.2) is 0 Å². The first-order valence-corrected chi connectivity index (χ1v) is 22.1. The van der Waals surface area contributed by atoms with Crippen LogP contribution in [0.3, 0.4) is 0 Å². The van der Waals surface area contributed by atoms with Crippen LogP contribution < -0.4 is 36.7 Å². The van der Waals surface area contributed by atoms with E-state index in [1.807, 2.05) is 121 Å². The van der Waals surface area contributed by atoms with Gasteiger partial charge in [0.15, 0.2) is 17.8 Å². The zero-order valence-electron chi connectivity index (χ0n) is 30.9. The highest BCUT2D eigenvalue weighted by Gasteiger charge is 2.39. The van der Waals surface area contributed by atoms with Gasteiger partial charge in [0, 0.05) is 27.0 Å². The fraction of sp³-hybridized carbons (Fsp3) is 0.0196. The largest absolute Gasteiger partial charge is 0.415 e. The van der Waals surface area contributed by atoms with Gasteiger partial charge in [0.2, 0.25) is 0 Å². The van der Waals surface area contributed by atoms with E-state index in [4.69, 9.17) is 0 Å². The molecule has 2 aliphatic rings. The Morgan fingerprint density at radius 2 is 1.02 bits per heavy atom. The second-order valence-electron chi connectivity index (χ2n) is 14.3. The van der Waals surface area contributed by atoms with Gasteiger partial charge < -0.3 is 14.8 Å². The molecule has 9 aromatic carbocycles. The van der Waals surface area contributed by atoms with E-state index < -0.39 is 14.9 Å². The van der Waals surface area contributed by atoms with Crippen molar-refractivity contribution in [1.82, 2.24) is 0 Å². The molecule has 9 aromatic rings. The highest BCUT2D eigenvalue weighted by Crippen LogP contribution is 2.56. The third-order valence-electron chi connectivity index (χ3n) is 11.0. The van der Waals surface area contributed by atoms with Crippen molar-refractivity contribution >= 4 is 80.1 Å². The van der Waals surface area contributed by atoms with E-state index in [9.17, 15) is 4.57 Å². The summed E-state index contributed by atoms with van der Waals surface area (Å²) < 4.78 is 27.2. The van der Waals surface area contributed by atoms with E-state index >= 15 is 4.57 Å². The summed E-state index contributed by atoms with van der Waals surface area (Å²) in [5.41, 5.74) is 7.22. The molecule has 0 spiro atoms. The summed E-state index contributed by atoms with van der Waals surface area (Å²) in [6, 6.07) is 71.6. The van der Waals surface area contributed by atoms with E-state index in [0.717, 1.165) is 48.7 Å². The van der Waals surface area contributed by atoms with E-state index in [1.165, 1.54) is 33.2 Å². The summed E-state index contributed by atoms with van der Waals surface area (Å²) in [6.45, 7) is 0. The van der Waals surface area contributed by atoms with Crippen LogP contribution in [0.5, 0.6) is 0 Å². The molecule has 2 aliphatic heterocycles. The molecule has 4 nitrogen and oxygen atoms in total. The minimum absolute atomic E-state index is 0.0219. The Balaban J connectivity index is 0.000000240. The molecule has 11 rings (SSSR count). The first-order chi connectivity index (χ1) is 28.1. The summed E-state index contributed by atoms with van der Waals surface area (Å²) in [5.74, 6) is 0. The molecule has 272 valence electrons. The average Bonchev–Trinajstić information content (AvgIpc) is 3.69. The first kappa shape index (κ1) is 34.9. The number of nitrogens with zero attached hydrogens (tertiary/aromatic N) is 1. The van der Waals surface area contributed by atoms with Gasteiger partial charge in [0.25, 0.3) is 0 Å². The minimum Gasteiger partial charge on any atom is -0.359 e. The topological polar surface area (TPSA) is 49.4 Å². The lowest BCUT2D eigenvalue weighted by atomic mass is 9.86. The van der Waals surface area contributed by atoms with Crippen LogP contribution >= 0.6 is 14.9 Å².